The quantitative estimate of drug-likeness (QED) is 0.503. The average molecular weight is 404 g/mol. The van der Waals surface area contributed by atoms with Gasteiger partial charge in [0.15, 0.2) is 6.10 Å². The molecule has 1 heterocycles. The van der Waals surface area contributed by atoms with Gasteiger partial charge in [-0.15, -0.1) is 0 Å². The third-order valence-corrected chi connectivity index (χ3v) is 6.28. The van der Waals surface area contributed by atoms with Crippen LogP contribution in [0.1, 0.15) is 17.5 Å². The Balaban J connectivity index is 1.70. The molecule has 7 nitrogen and oxygen atoms in total. The van der Waals surface area contributed by atoms with Gasteiger partial charge in [0.25, 0.3) is 0 Å². The second-order valence-corrected chi connectivity index (χ2v) is 8.61. The molecule has 1 aliphatic heterocycles. The van der Waals surface area contributed by atoms with Crippen LogP contribution in [0.3, 0.4) is 0 Å². The van der Waals surface area contributed by atoms with Crippen LogP contribution in [0.5, 0.6) is 0 Å². The molecule has 28 heavy (non-hydrogen) atoms. The lowest BCUT2D eigenvalue weighted by Crippen LogP contribution is -2.18. The van der Waals surface area contributed by atoms with E-state index in [1.165, 1.54) is 0 Å². The lowest BCUT2D eigenvalue weighted by atomic mass is 10.1. The van der Waals surface area contributed by atoms with Crippen molar-refractivity contribution in [1.29, 1.82) is 0 Å². The molecule has 0 aromatic heterocycles. The number of carbonyl (C=O) groups is 2. The third kappa shape index (κ3) is 5.52. The van der Waals surface area contributed by atoms with Crippen LogP contribution in [0.2, 0.25) is 0 Å². The Hall–Kier alpha value is -2.47. The molecule has 2 aromatic rings. The summed E-state index contributed by atoms with van der Waals surface area (Å²) < 4.78 is 29.4. The summed E-state index contributed by atoms with van der Waals surface area (Å²) in [5.41, 5.74) is 1.62. The molecule has 0 radical (unpaired) electrons. The van der Waals surface area contributed by atoms with Gasteiger partial charge < -0.3 is 18.9 Å². The monoisotopic (exact) mass is 404 g/mol. The van der Waals surface area contributed by atoms with Gasteiger partial charge in [0.05, 0.1) is 25.3 Å². The Morgan fingerprint density at radius 2 is 1.50 bits per heavy atom. The molecule has 8 heteroatoms. The van der Waals surface area contributed by atoms with Crippen LogP contribution in [-0.4, -0.2) is 29.3 Å². The van der Waals surface area contributed by atoms with E-state index in [-0.39, 0.29) is 25.8 Å². The lowest BCUT2D eigenvalue weighted by Gasteiger charge is -2.20. The van der Waals surface area contributed by atoms with E-state index in [1.807, 2.05) is 60.7 Å². The smallest absolute Gasteiger partial charge is 0.345 e. The van der Waals surface area contributed by atoms with E-state index in [2.05, 4.69) is 0 Å². The highest BCUT2D eigenvalue weighted by atomic mass is 31.2. The summed E-state index contributed by atoms with van der Waals surface area (Å²) in [5, 5.41) is 9.04. The number of carboxylic acids is 1. The first kappa shape index (κ1) is 20.3. The Morgan fingerprint density at radius 3 is 1.93 bits per heavy atom. The average Bonchev–Trinajstić information content (AvgIpc) is 3.07. The summed E-state index contributed by atoms with van der Waals surface area (Å²) in [5.74, 6) is -2.76. The van der Waals surface area contributed by atoms with Crippen molar-refractivity contribution in [2.75, 3.05) is 6.16 Å². The van der Waals surface area contributed by atoms with Gasteiger partial charge in [0.2, 0.25) is 0 Å². The normalized spacial score (nSPS) is 19.4. The summed E-state index contributed by atoms with van der Waals surface area (Å²) in [6, 6.07) is 18.3. The van der Waals surface area contributed by atoms with E-state index < -0.39 is 31.6 Å². The molecule has 0 bridgehead atoms. The van der Waals surface area contributed by atoms with Crippen molar-refractivity contribution in [3.63, 3.8) is 0 Å². The Morgan fingerprint density at radius 1 is 1.00 bits per heavy atom. The maximum atomic E-state index is 13.3. The van der Waals surface area contributed by atoms with Crippen molar-refractivity contribution in [3.8, 4) is 0 Å². The van der Waals surface area contributed by atoms with Gasteiger partial charge >= 0.3 is 19.5 Å². The highest BCUT2D eigenvalue weighted by Gasteiger charge is 2.43. The first-order chi connectivity index (χ1) is 13.5. The van der Waals surface area contributed by atoms with Crippen LogP contribution in [0.25, 0.3) is 0 Å². The predicted molar refractivity (Wildman–Crippen MR) is 101 cm³/mol. The van der Waals surface area contributed by atoms with Gasteiger partial charge in [0.1, 0.15) is 0 Å². The first-order valence-electron chi connectivity index (χ1n) is 8.84. The number of aliphatic carboxylic acids is 1. The minimum Gasteiger partial charge on any atom is -0.479 e. The van der Waals surface area contributed by atoms with Crippen LogP contribution >= 0.6 is 7.60 Å². The zero-order valence-corrected chi connectivity index (χ0v) is 16.0. The number of esters is 1. The fraction of sp³-hybridized carbons (Fsp3) is 0.300. The zero-order chi connectivity index (χ0) is 20.0. The number of cyclic esters (lactones) is 1. The fourth-order valence-electron chi connectivity index (χ4n) is 2.85. The van der Waals surface area contributed by atoms with Gasteiger partial charge in [-0.2, -0.15) is 0 Å². The Bertz CT molecular complexity index is 806. The Kier molecular flexibility index (Phi) is 6.62. The topological polar surface area (TPSA) is 99.1 Å². The number of hydrogen-bond acceptors (Lipinski definition) is 6. The molecule has 0 unspecified atom stereocenters. The van der Waals surface area contributed by atoms with E-state index in [1.54, 1.807) is 0 Å². The molecule has 1 aliphatic rings. The van der Waals surface area contributed by atoms with E-state index in [0.29, 0.717) is 0 Å². The number of carbonyl (C=O) groups excluding carboxylic acids is 1. The van der Waals surface area contributed by atoms with Crippen LogP contribution in [0, 0.1) is 5.92 Å². The molecule has 0 saturated carbocycles. The SMILES string of the molecule is O=C1O[C@H](C(=O)O)C[C@H]1CP(=O)(OCc1ccccc1)OCc1ccccc1. The number of hydrogen-bond donors (Lipinski definition) is 1. The van der Waals surface area contributed by atoms with Gasteiger partial charge in [0, 0.05) is 6.42 Å². The number of ether oxygens (including phenoxy) is 1. The molecule has 1 N–H and O–H groups in total. The number of carboxylic acid groups (broad SMARTS) is 1. The fourth-order valence-corrected chi connectivity index (χ4v) is 4.66. The molecule has 0 amide bonds. The number of benzene rings is 2. The van der Waals surface area contributed by atoms with Crippen LogP contribution in [-0.2, 0) is 41.2 Å². The van der Waals surface area contributed by atoms with Crippen LogP contribution in [0.4, 0.5) is 0 Å². The van der Waals surface area contributed by atoms with E-state index in [9.17, 15) is 14.2 Å². The molecule has 2 atom stereocenters. The second-order valence-electron chi connectivity index (χ2n) is 6.51. The standard InChI is InChI=1S/C20H21O7P/c21-19(22)18-11-17(20(23)27-18)14-28(24,25-12-15-7-3-1-4-8-15)26-13-16-9-5-2-6-10-16/h1-10,17-18H,11-14H2,(H,21,22)/t17-,18-/m0/s1. The van der Waals surface area contributed by atoms with Gasteiger partial charge in [-0.1, -0.05) is 60.7 Å². The molecule has 0 aliphatic carbocycles. The number of rotatable bonds is 9. The molecule has 3 rings (SSSR count). The van der Waals surface area contributed by atoms with Crippen molar-refractivity contribution in [1.82, 2.24) is 0 Å². The summed E-state index contributed by atoms with van der Waals surface area (Å²) in [6.45, 7) is 0.105. The highest BCUT2D eigenvalue weighted by Crippen LogP contribution is 2.52. The highest BCUT2D eigenvalue weighted by molar-refractivity contribution is 7.53. The molecular formula is C20H21O7P. The Labute approximate surface area is 162 Å². The van der Waals surface area contributed by atoms with E-state index in [4.69, 9.17) is 18.9 Å². The van der Waals surface area contributed by atoms with Gasteiger partial charge in [-0.05, 0) is 11.1 Å². The van der Waals surface area contributed by atoms with Gasteiger partial charge in [-0.25, -0.2) is 4.79 Å². The summed E-state index contributed by atoms with van der Waals surface area (Å²) in [7, 11) is -3.69. The van der Waals surface area contributed by atoms with E-state index >= 15 is 0 Å². The van der Waals surface area contributed by atoms with Crippen molar-refractivity contribution < 1.29 is 33.0 Å². The third-order valence-electron chi connectivity index (χ3n) is 4.35. The molecule has 2 aromatic carbocycles. The summed E-state index contributed by atoms with van der Waals surface area (Å²) in [4.78, 5) is 23.1. The minimum atomic E-state index is -3.69. The van der Waals surface area contributed by atoms with Crippen molar-refractivity contribution in [3.05, 3.63) is 71.8 Å². The van der Waals surface area contributed by atoms with Crippen molar-refractivity contribution in [2.24, 2.45) is 5.92 Å². The van der Waals surface area contributed by atoms with Crippen molar-refractivity contribution in [2.45, 2.75) is 25.7 Å². The molecular weight excluding hydrogens is 383 g/mol. The molecule has 1 fully saturated rings. The van der Waals surface area contributed by atoms with Crippen molar-refractivity contribution >= 4 is 19.5 Å². The predicted octanol–water partition coefficient (Wildman–Crippen LogP) is 3.63. The summed E-state index contributed by atoms with van der Waals surface area (Å²) >= 11 is 0. The second kappa shape index (κ2) is 9.15. The maximum absolute atomic E-state index is 13.3. The largest absolute Gasteiger partial charge is 0.479 e. The van der Waals surface area contributed by atoms with Crippen LogP contribution in [0.15, 0.2) is 60.7 Å². The van der Waals surface area contributed by atoms with Crippen LogP contribution < -0.4 is 0 Å². The maximum Gasteiger partial charge on any atom is 0.345 e. The minimum absolute atomic E-state index is 0.0526. The molecule has 148 valence electrons. The molecule has 1 saturated heterocycles. The zero-order valence-electron chi connectivity index (χ0n) is 15.1. The molecule has 0 spiro atoms. The lowest BCUT2D eigenvalue weighted by molar-refractivity contribution is -0.157. The van der Waals surface area contributed by atoms with E-state index in [0.717, 1.165) is 11.1 Å². The van der Waals surface area contributed by atoms with Gasteiger partial charge in [-0.3, -0.25) is 9.36 Å². The first-order valence-corrected chi connectivity index (χ1v) is 10.6. The summed E-state index contributed by atoms with van der Waals surface area (Å²) in [6.07, 6.45) is -1.51.